The molecule has 188 valence electrons. The first-order valence-electron chi connectivity index (χ1n) is 11.3. The van der Waals surface area contributed by atoms with Gasteiger partial charge in [-0.25, -0.2) is 4.98 Å². The predicted molar refractivity (Wildman–Crippen MR) is 146 cm³/mol. The molecule has 1 aromatic heterocycles. The van der Waals surface area contributed by atoms with Crippen LogP contribution in [0.15, 0.2) is 30.3 Å². The van der Waals surface area contributed by atoms with Crippen molar-refractivity contribution in [1.29, 1.82) is 0 Å². The van der Waals surface area contributed by atoms with Gasteiger partial charge >= 0.3 is 0 Å². The van der Waals surface area contributed by atoms with Crippen molar-refractivity contribution in [2.75, 3.05) is 50.1 Å². The number of thiazole rings is 1. The van der Waals surface area contributed by atoms with Crippen LogP contribution in [0, 0.1) is 17.0 Å². The molecule has 8 nitrogen and oxygen atoms in total. The first-order chi connectivity index (χ1) is 16.3. The molecule has 0 aliphatic carbocycles. The molecule has 0 spiro atoms. The van der Waals surface area contributed by atoms with E-state index in [-0.39, 0.29) is 29.6 Å². The van der Waals surface area contributed by atoms with Crippen molar-refractivity contribution in [3.05, 3.63) is 56.6 Å². The van der Waals surface area contributed by atoms with Gasteiger partial charge in [0.25, 0.3) is 11.6 Å². The fourth-order valence-electron chi connectivity index (χ4n) is 4.15. The summed E-state index contributed by atoms with van der Waals surface area (Å²) in [5.41, 5.74) is 2.45. The SMILES string of the molecule is Cc1c(Cl)ccc2sc(N(CCN(C)C)C(=O)c3ccc(N4CCCCC4)c([N+](=O)[O-])c3)nc12.Cl. The molecule has 11 heteroatoms. The van der Waals surface area contributed by atoms with Crippen molar-refractivity contribution in [3.8, 4) is 0 Å². The maximum Gasteiger partial charge on any atom is 0.293 e. The topological polar surface area (TPSA) is 82.8 Å². The molecule has 1 saturated heterocycles. The van der Waals surface area contributed by atoms with Crippen LogP contribution >= 0.6 is 35.3 Å². The molecule has 1 aliphatic heterocycles. The average molecular weight is 539 g/mol. The van der Waals surface area contributed by atoms with E-state index in [0.29, 0.717) is 28.9 Å². The van der Waals surface area contributed by atoms with E-state index in [4.69, 9.17) is 16.6 Å². The van der Waals surface area contributed by atoms with Gasteiger partial charge in [0.2, 0.25) is 0 Å². The molecule has 2 heterocycles. The molecule has 1 fully saturated rings. The molecule has 0 saturated carbocycles. The zero-order valence-corrected chi connectivity index (χ0v) is 22.4. The number of aromatic nitrogens is 1. The van der Waals surface area contributed by atoms with Crippen LogP contribution in [0.3, 0.4) is 0 Å². The average Bonchev–Trinajstić information content (AvgIpc) is 3.26. The van der Waals surface area contributed by atoms with E-state index in [1.807, 2.05) is 43.0 Å². The quantitative estimate of drug-likeness (QED) is 0.280. The normalized spacial score (nSPS) is 13.7. The Morgan fingerprint density at radius 2 is 1.89 bits per heavy atom. The third-order valence-electron chi connectivity index (χ3n) is 6.10. The maximum absolute atomic E-state index is 13.7. The smallest absolute Gasteiger partial charge is 0.293 e. The van der Waals surface area contributed by atoms with E-state index in [1.54, 1.807) is 17.0 Å². The van der Waals surface area contributed by atoms with Crippen molar-refractivity contribution >= 4 is 68.0 Å². The Hall–Kier alpha value is -2.46. The highest BCUT2D eigenvalue weighted by Crippen LogP contribution is 2.35. The molecule has 0 atom stereocenters. The molecule has 4 rings (SSSR count). The molecule has 0 radical (unpaired) electrons. The Labute approximate surface area is 220 Å². The van der Waals surface area contributed by atoms with E-state index in [2.05, 4.69) is 0 Å². The molecule has 0 bridgehead atoms. The first kappa shape index (κ1) is 27.1. The summed E-state index contributed by atoms with van der Waals surface area (Å²) in [6.45, 7) is 4.51. The van der Waals surface area contributed by atoms with E-state index >= 15 is 0 Å². The summed E-state index contributed by atoms with van der Waals surface area (Å²) in [5, 5.41) is 13.1. The number of likely N-dealkylation sites (N-methyl/N-ethyl adjacent to an activating group) is 1. The number of nitro groups is 1. The fraction of sp³-hybridized carbons (Fsp3) is 0.417. The first-order valence-corrected chi connectivity index (χ1v) is 12.5. The summed E-state index contributed by atoms with van der Waals surface area (Å²) >= 11 is 7.69. The second-order valence-electron chi connectivity index (χ2n) is 8.78. The van der Waals surface area contributed by atoms with Crippen LogP contribution in [0.2, 0.25) is 5.02 Å². The van der Waals surface area contributed by atoms with Crippen molar-refractivity contribution in [2.45, 2.75) is 26.2 Å². The zero-order valence-electron chi connectivity index (χ0n) is 20.0. The van der Waals surface area contributed by atoms with Gasteiger partial charge in [0.15, 0.2) is 5.13 Å². The Kier molecular flexibility index (Phi) is 8.93. The lowest BCUT2D eigenvalue weighted by molar-refractivity contribution is -0.384. The summed E-state index contributed by atoms with van der Waals surface area (Å²) in [5.74, 6) is -0.307. The van der Waals surface area contributed by atoms with Gasteiger partial charge in [0.1, 0.15) is 5.69 Å². The maximum atomic E-state index is 13.7. The van der Waals surface area contributed by atoms with E-state index < -0.39 is 4.92 Å². The lowest BCUT2D eigenvalue weighted by Gasteiger charge is -2.28. The molecule has 1 amide bonds. The van der Waals surface area contributed by atoms with Crippen LogP contribution in [-0.2, 0) is 0 Å². The molecular formula is C24H29Cl2N5O3S. The largest absolute Gasteiger partial charge is 0.366 e. The van der Waals surface area contributed by atoms with E-state index in [9.17, 15) is 14.9 Å². The second-order valence-corrected chi connectivity index (χ2v) is 10.2. The summed E-state index contributed by atoms with van der Waals surface area (Å²) in [7, 11) is 3.87. The Morgan fingerprint density at radius 1 is 1.17 bits per heavy atom. The Balaban J connectivity index is 0.00000342. The monoisotopic (exact) mass is 537 g/mol. The number of halogens is 2. The van der Waals surface area contributed by atoms with Gasteiger partial charge in [-0.1, -0.05) is 22.9 Å². The lowest BCUT2D eigenvalue weighted by atomic mass is 10.1. The number of carbonyl (C=O) groups excluding carboxylic acids is 1. The number of piperidine rings is 1. The summed E-state index contributed by atoms with van der Waals surface area (Å²) < 4.78 is 0.936. The van der Waals surface area contributed by atoms with Gasteiger partial charge in [-0.15, -0.1) is 12.4 Å². The Bertz CT molecular complexity index is 1230. The number of benzene rings is 2. The van der Waals surface area contributed by atoms with Crippen LogP contribution in [-0.4, -0.2) is 61.0 Å². The second kappa shape index (κ2) is 11.5. The minimum absolute atomic E-state index is 0. The van der Waals surface area contributed by atoms with E-state index in [0.717, 1.165) is 48.1 Å². The molecule has 0 unspecified atom stereocenters. The van der Waals surface area contributed by atoms with Crippen LogP contribution in [0.4, 0.5) is 16.5 Å². The number of hydrogen-bond donors (Lipinski definition) is 0. The van der Waals surface area contributed by atoms with Gasteiger partial charge < -0.3 is 9.80 Å². The number of rotatable bonds is 7. The zero-order chi connectivity index (χ0) is 24.4. The number of aryl methyl sites for hydroxylation is 1. The number of anilines is 2. The van der Waals surface area contributed by atoms with Crippen LogP contribution in [0.25, 0.3) is 10.2 Å². The number of amides is 1. The van der Waals surface area contributed by atoms with Crippen LogP contribution in [0.1, 0.15) is 35.2 Å². The number of fused-ring (bicyclic) bond motifs is 1. The summed E-state index contributed by atoms with van der Waals surface area (Å²) in [6, 6.07) is 8.54. The van der Waals surface area contributed by atoms with Gasteiger partial charge in [-0.3, -0.25) is 19.8 Å². The van der Waals surface area contributed by atoms with Crippen LogP contribution in [0.5, 0.6) is 0 Å². The molecule has 2 aromatic carbocycles. The molecular weight excluding hydrogens is 509 g/mol. The third kappa shape index (κ3) is 5.86. The van der Waals surface area contributed by atoms with Gasteiger partial charge in [-0.2, -0.15) is 0 Å². The third-order valence-corrected chi connectivity index (χ3v) is 7.55. The number of carbonyl (C=O) groups is 1. The van der Waals surface area contributed by atoms with Gasteiger partial charge in [-0.05, 0) is 70.1 Å². The van der Waals surface area contributed by atoms with Crippen molar-refractivity contribution in [3.63, 3.8) is 0 Å². The highest BCUT2D eigenvalue weighted by atomic mass is 35.5. The standard InChI is InChI=1S/C24H28ClN5O3S.ClH/c1-16-18(25)8-10-21-22(16)26-24(34-21)29(14-13-27(2)3)23(31)17-7-9-19(20(15-17)30(32)33)28-11-5-4-6-12-28;/h7-10,15H,4-6,11-14H2,1-3H3;1H. The molecule has 0 N–H and O–H groups in total. The lowest BCUT2D eigenvalue weighted by Crippen LogP contribution is -2.37. The van der Waals surface area contributed by atoms with Gasteiger partial charge in [0.05, 0.1) is 15.1 Å². The molecule has 3 aromatic rings. The van der Waals surface area contributed by atoms with Gasteiger partial charge in [0, 0.05) is 42.8 Å². The number of nitrogens with zero attached hydrogens (tertiary/aromatic N) is 5. The fourth-order valence-corrected chi connectivity index (χ4v) is 5.35. The highest BCUT2D eigenvalue weighted by Gasteiger charge is 2.27. The van der Waals surface area contributed by atoms with Crippen molar-refractivity contribution < 1.29 is 9.72 Å². The van der Waals surface area contributed by atoms with Crippen molar-refractivity contribution in [2.24, 2.45) is 0 Å². The highest BCUT2D eigenvalue weighted by molar-refractivity contribution is 7.22. The molecule has 35 heavy (non-hydrogen) atoms. The van der Waals surface area contributed by atoms with Crippen LogP contribution < -0.4 is 9.80 Å². The van der Waals surface area contributed by atoms with Crippen molar-refractivity contribution in [1.82, 2.24) is 9.88 Å². The number of hydrogen-bond acceptors (Lipinski definition) is 7. The minimum Gasteiger partial charge on any atom is -0.366 e. The van der Waals surface area contributed by atoms with E-state index in [1.165, 1.54) is 17.4 Å². The molecule has 1 aliphatic rings. The number of nitro benzene ring substituents is 1. The Morgan fingerprint density at radius 3 is 2.54 bits per heavy atom. The minimum atomic E-state index is -0.395. The predicted octanol–water partition coefficient (Wildman–Crippen LogP) is 5.79. The summed E-state index contributed by atoms with van der Waals surface area (Å²) in [6.07, 6.45) is 3.16. The summed E-state index contributed by atoms with van der Waals surface area (Å²) in [4.78, 5) is 35.5.